The second-order valence-electron chi connectivity index (χ2n) is 3.77. The summed E-state index contributed by atoms with van der Waals surface area (Å²) in [6.07, 6.45) is 4.20. The molecule has 0 aromatic heterocycles. The van der Waals surface area contributed by atoms with Crippen LogP contribution in [0.15, 0.2) is 4.99 Å². The first kappa shape index (κ1) is 12.6. The van der Waals surface area contributed by atoms with E-state index in [-0.39, 0.29) is 11.8 Å². The largest absolute Gasteiger partial charge is 0.305 e. The molecule has 15 heavy (non-hydrogen) atoms. The fourth-order valence-electron chi connectivity index (χ4n) is 1.59. The van der Waals surface area contributed by atoms with Gasteiger partial charge in [-0.15, -0.1) is 0 Å². The molecular formula is C11H20N2OS. The zero-order valence-corrected chi connectivity index (χ0v) is 10.4. The maximum atomic E-state index is 11.8. The predicted octanol–water partition coefficient (Wildman–Crippen LogP) is 2.42. The molecule has 86 valence electrons. The van der Waals surface area contributed by atoms with Crippen molar-refractivity contribution in [1.29, 1.82) is 0 Å². The highest BCUT2D eigenvalue weighted by atomic mass is 32.2. The van der Waals surface area contributed by atoms with Gasteiger partial charge in [0.15, 0.2) is 5.17 Å². The van der Waals surface area contributed by atoms with Crippen molar-refractivity contribution in [3.8, 4) is 0 Å². The molecule has 3 nitrogen and oxygen atoms in total. The Hall–Kier alpha value is -0.510. The molecule has 0 aromatic rings. The van der Waals surface area contributed by atoms with Crippen LogP contribution in [0.25, 0.3) is 0 Å². The molecule has 1 heterocycles. The third-order valence-corrected chi connectivity index (χ3v) is 3.48. The maximum Gasteiger partial charge on any atom is 0.229 e. The van der Waals surface area contributed by atoms with Gasteiger partial charge in [0.05, 0.1) is 6.54 Å². The second kappa shape index (κ2) is 6.88. The Balaban J connectivity index is 2.35. The number of thioether (sulfide) groups is 1. The van der Waals surface area contributed by atoms with Gasteiger partial charge in [-0.25, -0.2) is 0 Å². The average molecular weight is 228 g/mol. The first-order valence-electron chi connectivity index (χ1n) is 5.76. The van der Waals surface area contributed by atoms with E-state index in [0.717, 1.165) is 43.1 Å². The highest BCUT2D eigenvalue weighted by Gasteiger charge is 2.18. The van der Waals surface area contributed by atoms with E-state index in [4.69, 9.17) is 0 Å². The highest BCUT2D eigenvalue weighted by molar-refractivity contribution is 8.14. The van der Waals surface area contributed by atoms with Gasteiger partial charge < -0.3 is 5.32 Å². The van der Waals surface area contributed by atoms with Crippen molar-refractivity contribution >= 4 is 22.8 Å². The molecule has 0 radical (unpaired) electrons. The van der Waals surface area contributed by atoms with Gasteiger partial charge in [-0.05, 0) is 12.8 Å². The smallest absolute Gasteiger partial charge is 0.229 e. The maximum absolute atomic E-state index is 11.8. The van der Waals surface area contributed by atoms with Crippen molar-refractivity contribution in [2.24, 2.45) is 10.9 Å². The third-order valence-electron chi connectivity index (χ3n) is 2.59. The van der Waals surface area contributed by atoms with E-state index in [1.54, 1.807) is 11.8 Å². The van der Waals surface area contributed by atoms with Crippen LogP contribution in [-0.2, 0) is 4.79 Å². The number of nitrogens with zero attached hydrogens (tertiary/aromatic N) is 1. The van der Waals surface area contributed by atoms with Crippen LogP contribution in [0.3, 0.4) is 0 Å². The molecule has 0 spiro atoms. The van der Waals surface area contributed by atoms with Gasteiger partial charge in [-0.1, -0.05) is 38.5 Å². The SMILES string of the molecule is CCCC[C@H](CC)C(=O)NC1=NCCS1. The van der Waals surface area contributed by atoms with Crippen molar-refractivity contribution in [3.05, 3.63) is 0 Å². The lowest BCUT2D eigenvalue weighted by Gasteiger charge is -2.13. The fourth-order valence-corrected chi connectivity index (χ4v) is 2.32. The molecule has 1 aliphatic rings. The van der Waals surface area contributed by atoms with Gasteiger partial charge in [0.2, 0.25) is 5.91 Å². The summed E-state index contributed by atoms with van der Waals surface area (Å²) in [4.78, 5) is 16.1. The first-order valence-corrected chi connectivity index (χ1v) is 6.74. The Bertz CT molecular complexity index is 241. The Morgan fingerprint density at radius 1 is 1.60 bits per heavy atom. The Kier molecular flexibility index (Phi) is 5.76. The van der Waals surface area contributed by atoms with Crippen molar-refractivity contribution < 1.29 is 4.79 Å². The minimum atomic E-state index is 0.152. The summed E-state index contributed by atoms with van der Waals surface area (Å²) < 4.78 is 0. The van der Waals surface area contributed by atoms with E-state index in [1.165, 1.54) is 0 Å². The first-order chi connectivity index (χ1) is 7.27. The topological polar surface area (TPSA) is 41.5 Å². The lowest BCUT2D eigenvalue weighted by atomic mass is 9.99. The quantitative estimate of drug-likeness (QED) is 0.785. The zero-order chi connectivity index (χ0) is 11.1. The van der Waals surface area contributed by atoms with Crippen LogP contribution in [0, 0.1) is 5.92 Å². The molecule has 0 saturated carbocycles. The van der Waals surface area contributed by atoms with Crippen molar-refractivity contribution in [1.82, 2.24) is 5.32 Å². The lowest BCUT2D eigenvalue weighted by molar-refractivity contribution is -0.123. The van der Waals surface area contributed by atoms with E-state index in [9.17, 15) is 4.79 Å². The normalized spacial score (nSPS) is 17.3. The third kappa shape index (κ3) is 4.24. The molecule has 4 heteroatoms. The summed E-state index contributed by atoms with van der Waals surface area (Å²) >= 11 is 1.64. The van der Waals surface area contributed by atoms with Crippen LogP contribution in [0.1, 0.15) is 39.5 Å². The summed E-state index contributed by atoms with van der Waals surface area (Å²) in [6, 6.07) is 0. The molecule has 1 amide bonds. The van der Waals surface area contributed by atoms with E-state index in [0.29, 0.717) is 0 Å². The van der Waals surface area contributed by atoms with Gasteiger partial charge >= 0.3 is 0 Å². The number of carbonyl (C=O) groups excluding carboxylic acids is 1. The minimum absolute atomic E-state index is 0.152. The molecule has 0 unspecified atom stereocenters. The van der Waals surface area contributed by atoms with Crippen molar-refractivity contribution in [2.75, 3.05) is 12.3 Å². The van der Waals surface area contributed by atoms with E-state index in [1.807, 2.05) is 0 Å². The molecule has 1 atom stereocenters. The number of rotatable bonds is 5. The zero-order valence-electron chi connectivity index (χ0n) is 9.58. The van der Waals surface area contributed by atoms with Crippen molar-refractivity contribution in [3.63, 3.8) is 0 Å². The van der Waals surface area contributed by atoms with Gasteiger partial charge in [0, 0.05) is 11.7 Å². The minimum Gasteiger partial charge on any atom is -0.305 e. The average Bonchev–Trinajstić information content (AvgIpc) is 2.71. The summed E-state index contributed by atoms with van der Waals surface area (Å²) in [5.41, 5.74) is 0. The number of hydrogen-bond donors (Lipinski definition) is 1. The predicted molar refractivity (Wildman–Crippen MR) is 66.2 cm³/mol. The van der Waals surface area contributed by atoms with E-state index in [2.05, 4.69) is 24.2 Å². The second-order valence-corrected chi connectivity index (χ2v) is 4.86. The van der Waals surface area contributed by atoms with Gasteiger partial charge in [0.1, 0.15) is 0 Å². The molecule has 1 N–H and O–H groups in total. The number of unbranched alkanes of at least 4 members (excludes halogenated alkanes) is 1. The monoisotopic (exact) mass is 228 g/mol. The molecule has 1 aliphatic heterocycles. The van der Waals surface area contributed by atoms with E-state index >= 15 is 0 Å². The fraction of sp³-hybridized carbons (Fsp3) is 0.818. The van der Waals surface area contributed by atoms with Gasteiger partial charge in [0.25, 0.3) is 0 Å². The molecule has 0 fully saturated rings. The number of nitrogens with one attached hydrogen (secondary N) is 1. The number of amidine groups is 1. The van der Waals surface area contributed by atoms with Gasteiger partial charge in [-0.2, -0.15) is 0 Å². The summed E-state index contributed by atoms with van der Waals surface area (Å²) in [5.74, 6) is 1.31. The van der Waals surface area contributed by atoms with Crippen LogP contribution in [0.2, 0.25) is 0 Å². The van der Waals surface area contributed by atoms with E-state index < -0.39 is 0 Å². The van der Waals surface area contributed by atoms with Crippen LogP contribution >= 0.6 is 11.8 Å². The standard InChI is InChI=1S/C11H20N2OS/c1-3-5-6-9(4-2)10(14)13-11-12-7-8-15-11/h9H,3-8H2,1-2H3,(H,12,13,14)/t9-/m0/s1. The van der Waals surface area contributed by atoms with Crippen LogP contribution in [0.5, 0.6) is 0 Å². The molecule has 0 aromatic carbocycles. The lowest BCUT2D eigenvalue weighted by Crippen LogP contribution is -2.33. The van der Waals surface area contributed by atoms with Gasteiger partial charge in [-0.3, -0.25) is 9.79 Å². The molecule has 1 rings (SSSR count). The van der Waals surface area contributed by atoms with Crippen LogP contribution in [0.4, 0.5) is 0 Å². The Labute approximate surface area is 96.1 Å². The number of aliphatic imine (C=N–C) groups is 1. The Morgan fingerprint density at radius 2 is 2.40 bits per heavy atom. The summed E-state index contributed by atoms with van der Waals surface area (Å²) in [5, 5.41) is 3.73. The summed E-state index contributed by atoms with van der Waals surface area (Å²) in [6.45, 7) is 5.07. The van der Waals surface area contributed by atoms with Crippen LogP contribution < -0.4 is 5.32 Å². The summed E-state index contributed by atoms with van der Waals surface area (Å²) in [7, 11) is 0. The molecule has 0 aliphatic carbocycles. The number of carbonyl (C=O) groups is 1. The molecular weight excluding hydrogens is 208 g/mol. The number of amides is 1. The van der Waals surface area contributed by atoms with Crippen LogP contribution in [-0.4, -0.2) is 23.4 Å². The molecule has 0 saturated heterocycles. The highest BCUT2D eigenvalue weighted by Crippen LogP contribution is 2.15. The Morgan fingerprint density at radius 3 is 2.93 bits per heavy atom. The van der Waals surface area contributed by atoms with Crippen molar-refractivity contribution in [2.45, 2.75) is 39.5 Å². The number of hydrogen-bond acceptors (Lipinski definition) is 3. The molecule has 0 bridgehead atoms.